The molecule has 0 saturated heterocycles. The van der Waals surface area contributed by atoms with Crippen molar-refractivity contribution < 1.29 is 0 Å². The highest BCUT2D eigenvalue weighted by molar-refractivity contribution is 5.58. The van der Waals surface area contributed by atoms with E-state index in [1.807, 2.05) is 30.6 Å². The fourth-order valence-corrected chi connectivity index (χ4v) is 2.13. The smallest absolute Gasteiger partial charge is 0.277 e. The van der Waals surface area contributed by atoms with E-state index in [9.17, 15) is 4.79 Å². The largest absolute Gasteiger partial charge is 0.369 e. The van der Waals surface area contributed by atoms with E-state index < -0.39 is 0 Å². The van der Waals surface area contributed by atoms with Crippen LogP contribution in [0.5, 0.6) is 0 Å². The van der Waals surface area contributed by atoms with Crippen LogP contribution in [0.2, 0.25) is 0 Å². The minimum Gasteiger partial charge on any atom is -0.369 e. The Morgan fingerprint density at radius 1 is 1.35 bits per heavy atom. The molecule has 5 nitrogen and oxygen atoms in total. The molecule has 17 heavy (non-hydrogen) atoms. The number of rotatable bonds is 2. The molecule has 1 heterocycles. The lowest BCUT2D eigenvalue weighted by atomic mass is 9.97. The quantitative estimate of drug-likeness (QED) is 0.564. The molecule has 5 heteroatoms. The maximum atomic E-state index is 11.9. The van der Waals surface area contributed by atoms with Gasteiger partial charge in [0, 0.05) is 32.4 Å². The van der Waals surface area contributed by atoms with Crippen molar-refractivity contribution in [2.24, 2.45) is 12.0 Å². The molecule has 0 aliphatic heterocycles. The average Bonchev–Trinajstić information content (AvgIpc) is 2.32. The van der Waals surface area contributed by atoms with Crippen LogP contribution in [0.3, 0.4) is 0 Å². The summed E-state index contributed by atoms with van der Waals surface area (Å²) in [5.41, 5.74) is 1.87. The Morgan fingerprint density at radius 2 is 2.06 bits per heavy atom. The first-order valence-electron chi connectivity index (χ1n) is 5.89. The molecule has 0 radical (unpaired) electrons. The summed E-state index contributed by atoms with van der Waals surface area (Å²) in [4.78, 5) is 22.0. The van der Waals surface area contributed by atoms with Gasteiger partial charge in [-0.3, -0.25) is 4.79 Å². The lowest BCUT2D eigenvalue weighted by molar-refractivity contribution is 0.614. The lowest BCUT2D eigenvalue weighted by Gasteiger charge is -2.19. The van der Waals surface area contributed by atoms with Gasteiger partial charge in [-0.15, -0.1) is 0 Å². The molecule has 0 atom stereocenters. The van der Waals surface area contributed by atoms with Crippen molar-refractivity contribution in [3.8, 4) is 0 Å². The van der Waals surface area contributed by atoms with E-state index in [4.69, 9.17) is 0 Å². The fraction of sp³-hybridized carbons (Fsp3) is 0.583. The predicted octanol–water partition coefficient (Wildman–Crippen LogP) is 0.880. The molecular weight excluding hydrogens is 216 g/mol. The monoisotopic (exact) mass is 234 g/mol. The van der Waals surface area contributed by atoms with Gasteiger partial charge in [0.1, 0.15) is 0 Å². The zero-order valence-corrected chi connectivity index (χ0v) is 10.6. The van der Waals surface area contributed by atoms with Crippen molar-refractivity contribution in [3.63, 3.8) is 0 Å². The van der Waals surface area contributed by atoms with Gasteiger partial charge < -0.3 is 9.47 Å². The molecule has 0 saturated carbocycles. The Kier molecular flexibility index (Phi) is 3.26. The number of nitrogens with zero attached hydrogens (tertiary/aromatic N) is 4. The highest BCUT2D eigenvalue weighted by Gasteiger charge is 2.17. The Morgan fingerprint density at radius 3 is 2.76 bits per heavy atom. The van der Waals surface area contributed by atoms with Gasteiger partial charge in [0.15, 0.2) is 0 Å². The van der Waals surface area contributed by atoms with Crippen LogP contribution in [-0.4, -0.2) is 34.9 Å². The second-order valence-electron chi connectivity index (χ2n) is 4.62. The van der Waals surface area contributed by atoms with Crippen LogP contribution in [0.1, 0.15) is 24.1 Å². The predicted molar refractivity (Wildman–Crippen MR) is 68.0 cm³/mol. The molecule has 0 bridgehead atoms. The number of fused-ring (bicyclic) bond motifs is 1. The molecule has 0 amide bonds. The van der Waals surface area contributed by atoms with E-state index in [0.717, 1.165) is 36.9 Å². The topological polar surface area (TPSA) is 50.5 Å². The molecule has 0 unspecified atom stereocenters. The normalized spacial score (nSPS) is 15.0. The highest BCUT2D eigenvalue weighted by atomic mass is 16.1. The number of hydrogen-bond donors (Lipinski definition) is 0. The van der Waals surface area contributed by atoms with Crippen LogP contribution in [-0.2, 0) is 19.9 Å². The van der Waals surface area contributed by atoms with Crippen LogP contribution in [0, 0.1) is 0 Å². The lowest BCUT2D eigenvalue weighted by Crippen LogP contribution is -2.24. The Hall–Kier alpha value is -1.65. The number of hydrogen-bond acceptors (Lipinski definition) is 3. The van der Waals surface area contributed by atoms with Gasteiger partial charge in [-0.05, 0) is 25.7 Å². The molecule has 92 valence electrons. The summed E-state index contributed by atoms with van der Waals surface area (Å²) < 4.78 is 1.94. The van der Waals surface area contributed by atoms with Crippen LogP contribution >= 0.6 is 0 Å². The van der Waals surface area contributed by atoms with E-state index >= 15 is 0 Å². The molecule has 0 aromatic carbocycles. The van der Waals surface area contributed by atoms with Crippen molar-refractivity contribution in [2.45, 2.75) is 25.7 Å². The zero-order chi connectivity index (χ0) is 12.4. The van der Waals surface area contributed by atoms with Crippen molar-refractivity contribution in [3.05, 3.63) is 21.6 Å². The first-order chi connectivity index (χ1) is 8.09. The molecular formula is C12H18N4O. The Labute approximate surface area is 101 Å². The fourth-order valence-electron chi connectivity index (χ4n) is 2.13. The summed E-state index contributed by atoms with van der Waals surface area (Å²) in [7, 11) is 5.71. The summed E-state index contributed by atoms with van der Waals surface area (Å²) in [5.74, 6) is 0.490. The van der Waals surface area contributed by atoms with Gasteiger partial charge >= 0.3 is 0 Å². The van der Waals surface area contributed by atoms with Gasteiger partial charge in [-0.1, -0.05) is 0 Å². The summed E-state index contributed by atoms with van der Waals surface area (Å²) in [6.45, 7) is 0. The molecule has 2 rings (SSSR count). The third kappa shape index (κ3) is 2.38. The van der Waals surface area contributed by atoms with Gasteiger partial charge in [0.05, 0.1) is 6.34 Å². The molecule has 1 aromatic rings. The minimum absolute atomic E-state index is 0.108. The van der Waals surface area contributed by atoms with Crippen LogP contribution in [0.15, 0.2) is 9.79 Å². The van der Waals surface area contributed by atoms with Crippen molar-refractivity contribution >= 4 is 12.3 Å². The first-order valence-corrected chi connectivity index (χ1v) is 5.89. The van der Waals surface area contributed by atoms with E-state index in [2.05, 4.69) is 9.98 Å². The maximum absolute atomic E-state index is 11.9. The highest BCUT2D eigenvalue weighted by Crippen LogP contribution is 2.20. The van der Waals surface area contributed by atoms with Crippen LogP contribution in [0.4, 0.5) is 5.95 Å². The second kappa shape index (κ2) is 4.69. The third-order valence-electron chi connectivity index (χ3n) is 3.01. The minimum atomic E-state index is -0.108. The van der Waals surface area contributed by atoms with Gasteiger partial charge in [0.2, 0.25) is 5.95 Å². The summed E-state index contributed by atoms with van der Waals surface area (Å²) in [6, 6.07) is 0. The van der Waals surface area contributed by atoms with Gasteiger partial charge in [-0.2, -0.15) is 4.98 Å². The number of aromatic nitrogens is 2. The van der Waals surface area contributed by atoms with E-state index in [0.29, 0.717) is 5.95 Å². The van der Waals surface area contributed by atoms with Gasteiger partial charge in [0.25, 0.3) is 5.56 Å². The Bertz CT molecular complexity index is 502. The van der Waals surface area contributed by atoms with E-state index in [-0.39, 0.29) is 5.56 Å². The summed E-state index contributed by atoms with van der Waals surface area (Å²) >= 11 is 0. The van der Waals surface area contributed by atoms with E-state index in [1.165, 1.54) is 0 Å². The molecule has 0 fully saturated rings. The summed E-state index contributed by atoms with van der Waals surface area (Å²) in [6.07, 6.45) is 5.70. The maximum Gasteiger partial charge on any atom is 0.277 e. The molecule has 0 N–H and O–H groups in total. The standard InChI is InChI=1S/C12H18N4O/c1-15(2)8-13-12-14-11(17)9-6-4-5-7-10(9)16(12)3/h8H,4-7H2,1-3H3/b13-8+. The molecule has 0 spiro atoms. The van der Waals surface area contributed by atoms with Crippen LogP contribution in [0.25, 0.3) is 0 Å². The SMILES string of the molecule is CN(C)/C=N/c1nc(=O)c2c(n1C)CCCC2. The first kappa shape index (κ1) is 11.8. The van der Waals surface area contributed by atoms with Crippen molar-refractivity contribution in [1.29, 1.82) is 0 Å². The molecule has 1 aliphatic rings. The molecule has 1 aromatic heterocycles. The Balaban J connectivity index is 2.49. The van der Waals surface area contributed by atoms with E-state index in [1.54, 1.807) is 6.34 Å². The number of aliphatic imine (C=N–C) groups is 1. The third-order valence-corrected chi connectivity index (χ3v) is 3.01. The van der Waals surface area contributed by atoms with Crippen LogP contribution < -0.4 is 5.56 Å². The molecule has 1 aliphatic carbocycles. The van der Waals surface area contributed by atoms with Crippen molar-refractivity contribution in [1.82, 2.24) is 14.5 Å². The summed E-state index contributed by atoms with van der Waals surface area (Å²) in [5, 5.41) is 0. The zero-order valence-electron chi connectivity index (χ0n) is 10.6. The average molecular weight is 234 g/mol. The van der Waals surface area contributed by atoms with Gasteiger partial charge in [-0.25, -0.2) is 4.99 Å². The second-order valence-corrected chi connectivity index (χ2v) is 4.62. The van der Waals surface area contributed by atoms with Crippen molar-refractivity contribution in [2.75, 3.05) is 14.1 Å².